The lowest BCUT2D eigenvalue weighted by atomic mass is 10.2. The molecule has 2 amide bonds. The minimum absolute atomic E-state index is 0.0464. The monoisotopic (exact) mass is 435 g/mol. The number of benzene rings is 1. The van der Waals surface area contributed by atoms with Crippen molar-refractivity contribution in [2.45, 2.75) is 18.7 Å². The van der Waals surface area contributed by atoms with Crippen LogP contribution < -0.4 is 14.4 Å². The van der Waals surface area contributed by atoms with Gasteiger partial charge in [0.05, 0.1) is 19.3 Å². The van der Waals surface area contributed by atoms with Gasteiger partial charge in [0.25, 0.3) is 10.0 Å². The Morgan fingerprint density at radius 1 is 1.23 bits per heavy atom. The number of amides is 2. The number of methoxy groups -OCH3 is 1. The zero-order valence-electron chi connectivity index (χ0n) is 16.7. The molecule has 0 aliphatic heterocycles. The topological polar surface area (TPSA) is 141 Å². The number of nitrogens with one attached hydrogen (secondary N) is 1. The number of aromatic nitrogens is 3. The van der Waals surface area contributed by atoms with Gasteiger partial charge in [-0.15, -0.1) is 6.58 Å². The lowest BCUT2D eigenvalue weighted by Gasteiger charge is -2.20. The van der Waals surface area contributed by atoms with E-state index in [9.17, 15) is 18.0 Å². The van der Waals surface area contributed by atoms with Gasteiger partial charge >= 0.3 is 18.0 Å². The number of carbonyl (C=O) groups excluding carboxylic acids is 2. The molecule has 12 heteroatoms. The number of aryl methyl sites for hydroxylation is 1. The van der Waals surface area contributed by atoms with E-state index in [4.69, 9.17) is 9.47 Å². The summed E-state index contributed by atoms with van der Waals surface area (Å²) in [6, 6.07) is 4.28. The first kappa shape index (κ1) is 22.7. The van der Waals surface area contributed by atoms with Crippen LogP contribution in [-0.4, -0.2) is 55.6 Å². The third kappa shape index (κ3) is 5.29. The van der Waals surface area contributed by atoms with Gasteiger partial charge in [0.15, 0.2) is 0 Å². The number of anilines is 1. The molecular formula is C18H21N5O6S. The van der Waals surface area contributed by atoms with Gasteiger partial charge in [0, 0.05) is 6.54 Å². The van der Waals surface area contributed by atoms with Gasteiger partial charge in [-0.05, 0) is 26.0 Å². The number of hydrogen-bond acceptors (Lipinski definition) is 9. The Kier molecular flexibility index (Phi) is 7.42. The van der Waals surface area contributed by atoms with E-state index >= 15 is 0 Å². The molecule has 0 spiro atoms. The molecule has 0 bridgehead atoms. The van der Waals surface area contributed by atoms with Crippen LogP contribution >= 0.6 is 0 Å². The molecule has 2 rings (SSSR count). The molecule has 1 aromatic carbocycles. The highest BCUT2D eigenvalue weighted by atomic mass is 32.2. The Labute approximate surface area is 173 Å². The molecular weight excluding hydrogens is 414 g/mol. The molecule has 30 heavy (non-hydrogen) atoms. The number of esters is 1. The fraction of sp³-hybridized carbons (Fsp3) is 0.278. The van der Waals surface area contributed by atoms with E-state index in [0.717, 1.165) is 4.90 Å². The first-order chi connectivity index (χ1) is 14.2. The lowest BCUT2D eigenvalue weighted by Crippen LogP contribution is -2.44. The van der Waals surface area contributed by atoms with Crippen LogP contribution in [0, 0.1) is 6.92 Å². The molecule has 0 saturated heterocycles. The summed E-state index contributed by atoms with van der Waals surface area (Å²) in [5, 5.41) is 0. The molecule has 0 atom stereocenters. The molecule has 0 saturated carbocycles. The fourth-order valence-corrected chi connectivity index (χ4v) is 3.49. The Balaban J connectivity index is 2.40. The van der Waals surface area contributed by atoms with E-state index in [1.807, 2.05) is 4.72 Å². The van der Waals surface area contributed by atoms with E-state index in [0.29, 0.717) is 0 Å². The van der Waals surface area contributed by atoms with Gasteiger partial charge in [-0.25, -0.2) is 22.7 Å². The molecule has 0 aliphatic carbocycles. The van der Waals surface area contributed by atoms with Crippen molar-refractivity contribution in [1.29, 1.82) is 0 Å². The average molecular weight is 435 g/mol. The summed E-state index contributed by atoms with van der Waals surface area (Å²) in [6.07, 6.45) is 1.37. The average Bonchev–Trinajstić information content (AvgIpc) is 2.71. The Morgan fingerprint density at radius 2 is 1.93 bits per heavy atom. The summed E-state index contributed by atoms with van der Waals surface area (Å²) in [5.74, 6) is -0.702. The van der Waals surface area contributed by atoms with Crippen molar-refractivity contribution >= 4 is 28.0 Å². The summed E-state index contributed by atoms with van der Waals surface area (Å²) >= 11 is 0. The molecule has 11 nitrogen and oxygen atoms in total. The van der Waals surface area contributed by atoms with Gasteiger partial charge in [-0.3, -0.25) is 4.90 Å². The molecule has 0 radical (unpaired) electrons. The quantitative estimate of drug-likeness (QED) is 0.482. The Bertz CT molecular complexity index is 1060. The highest BCUT2D eigenvalue weighted by Gasteiger charge is 2.28. The van der Waals surface area contributed by atoms with Crippen molar-refractivity contribution in [3.8, 4) is 6.01 Å². The molecule has 160 valence electrons. The fourth-order valence-electron chi connectivity index (χ4n) is 2.34. The number of sulfonamides is 1. The van der Waals surface area contributed by atoms with Crippen LogP contribution in [0.5, 0.6) is 6.01 Å². The SMILES string of the molecule is C=CCN(C(=O)NS(=O)(=O)c1ccccc1C(=O)OCC)c1nc(C)nc(OC)n1. The van der Waals surface area contributed by atoms with Crippen molar-refractivity contribution in [2.24, 2.45) is 0 Å². The van der Waals surface area contributed by atoms with E-state index in [1.54, 1.807) is 13.8 Å². The summed E-state index contributed by atoms with van der Waals surface area (Å²) in [5.41, 5.74) is -0.201. The number of rotatable bonds is 8. The van der Waals surface area contributed by atoms with Crippen LogP contribution in [0.15, 0.2) is 41.8 Å². The van der Waals surface area contributed by atoms with Crippen LogP contribution in [-0.2, 0) is 14.8 Å². The predicted octanol–water partition coefficient (Wildman–Crippen LogP) is 1.46. The number of ether oxygens (including phenoxy) is 2. The first-order valence-electron chi connectivity index (χ1n) is 8.71. The second-order valence-electron chi connectivity index (χ2n) is 5.70. The normalized spacial score (nSPS) is 10.8. The summed E-state index contributed by atoms with van der Waals surface area (Å²) in [7, 11) is -3.09. The van der Waals surface area contributed by atoms with Crippen LogP contribution in [0.1, 0.15) is 23.1 Å². The molecule has 1 N–H and O–H groups in total. The van der Waals surface area contributed by atoms with Crippen molar-refractivity contribution < 1.29 is 27.5 Å². The minimum Gasteiger partial charge on any atom is -0.467 e. The van der Waals surface area contributed by atoms with Crippen LogP contribution in [0.2, 0.25) is 0 Å². The predicted molar refractivity (Wildman–Crippen MR) is 107 cm³/mol. The standard InChI is InChI=1S/C18H21N5O6S/c1-5-11-23(16-19-12(3)20-17(21-16)28-4)18(25)22-30(26,27)14-10-8-7-9-13(14)15(24)29-6-2/h5,7-10H,1,6,11H2,2-4H3,(H,22,25). The Morgan fingerprint density at radius 3 is 2.57 bits per heavy atom. The molecule has 1 heterocycles. The van der Waals surface area contributed by atoms with Crippen molar-refractivity contribution in [1.82, 2.24) is 19.7 Å². The van der Waals surface area contributed by atoms with E-state index < -0.39 is 26.9 Å². The Hall–Kier alpha value is -3.54. The molecule has 0 aliphatic rings. The number of urea groups is 1. The maximum Gasteiger partial charge on any atom is 0.339 e. The van der Waals surface area contributed by atoms with Gasteiger partial charge in [0.2, 0.25) is 5.95 Å². The van der Waals surface area contributed by atoms with Gasteiger partial charge in [0.1, 0.15) is 10.7 Å². The number of carbonyl (C=O) groups is 2. The van der Waals surface area contributed by atoms with Crippen molar-refractivity contribution in [3.05, 3.63) is 48.3 Å². The molecule has 0 fully saturated rings. The second kappa shape index (κ2) is 9.78. The smallest absolute Gasteiger partial charge is 0.339 e. The molecule has 0 unspecified atom stereocenters. The largest absolute Gasteiger partial charge is 0.467 e. The minimum atomic E-state index is -4.43. The van der Waals surface area contributed by atoms with Gasteiger partial charge < -0.3 is 9.47 Å². The zero-order chi connectivity index (χ0) is 22.3. The zero-order valence-corrected chi connectivity index (χ0v) is 17.5. The second-order valence-corrected chi connectivity index (χ2v) is 7.35. The molecule has 2 aromatic rings. The van der Waals surface area contributed by atoms with Gasteiger partial charge in [-0.2, -0.15) is 15.0 Å². The summed E-state index contributed by atoms with van der Waals surface area (Å²) in [4.78, 5) is 37.3. The summed E-state index contributed by atoms with van der Waals surface area (Å²) < 4.78 is 37.4. The maximum absolute atomic E-state index is 12.8. The highest BCUT2D eigenvalue weighted by Crippen LogP contribution is 2.18. The maximum atomic E-state index is 12.8. The van der Waals surface area contributed by atoms with Crippen LogP contribution in [0.4, 0.5) is 10.7 Å². The van der Waals surface area contributed by atoms with E-state index in [-0.39, 0.29) is 36.5 Å². The van der Waals surface area contributed by atoms with Crippen LogP contribution in [0.3, 0.4) is 0 Å². The number of nitrogens with zero attached hydrogens (tertiary/aromatic N) is 4. The van der Waals surface area contributed by atoms with Crippen molar-refractivity contribution in [3.63, 3.8) is 0 Å². The lowest BCUT2D eigenvalue weighted by molar-refractivity contribution is 0.0521. The third-order valence-electron chi connectivity index (χ3n) is 3.59. The third-order valence-corrected chi connectivity index (χ3v) is 4.97. The van der Waals surface area contributed by atoms with E-state index in [1.165, 1.54) is 37.5 Å². The summed E-state index contributed by atoms with van der Waals surface area (Å²) in [6.45, 7) is 6.66. The first-order valence-corrected chi connectivity index (χ1v) is 10.2. The van der Waals surface area contributed by atoms with Crippen LogP contribution in [0.25, 0.3) is 0 Å². The van der Waals surface area contributed by atoms with Gasteiger partial charge in [-0.1, -0.05) is 18.2 Å². The van der Waals surface area contributed by atoms with E-state index in [2.05, 4.69) is 21.5 Å². The molecule has 1 aromatic heterocycles. The highest BCUT2D eigenvalue weighted by molar-refractivity contribution is 7.90. The van der Waals surface area contributed by atoms with Crippen molar-refractivity contribution in [2.75, 3.05) is 25.2 Å². The number of hydrogen-bond donors (Lipinski definition) is 1.